The largest absolute Gasteiger partial charge is 0.469 e. The van der Waals surface area contributed by atoms with Crippen LogP contribution in [0, 0.1) is 0 Å². The zero-order valence-corrected chi connectivity index (χ0v) is 14.2. The summed E-state index contributed by atoms with van der Waals surface area (Å²) in [5.41, 5.74) is -0.0640. The fraction of sp³-hybridized carbons (Fsp3) is 0.875. The van der Waals surface area contributed by atoms with Crippen molar-refractivity contribution in [2.24, 2.45) is 4.99 Å². The fourth-order valence-corrected chi connectivity index (χ4v) is 2.52. The van der Waals surface area contributed by atoms with Crippen molar-refractivity contribution in [1.82, 2.24) is 10.6 Å². The van der Waals surface area contributed by atoms with E-state index in [-0.39, 0.29) is 11.6 Å². The molecule has 6 heteroatoms. The minimum Gasteiger partial charge on any atom is -0.469 e. The first-order valence-corrected chi connectivity index (χ1v) is 8.25. The Labute approximate surface area is 134 Å². The van der Waals surface area contributed by atoms with Crippen LogP contribution in [0.5, 0.6) is 0 Å². The highest BCUT2D eigenvalue weighted by Gasteiger charge is 2.29. The van der Waals surface area contributed by atoms with Gasteiger partial charge in [-0.2, -0.15) is 0 Å². The second kappa shape index (κ2) is 10.4. The third-order valence-corrected chi connectivity index (χ3v) is 3.98. The maximum absolute atomic E-state index is 11.0. The molecule has 1 atom stereocenters. The Morgan fingerprint density at radius 2 is 2.05 bits per heavy atom. The number of unbranched alkanes of at least 4 members (excludes halogenated alkanes) is 3. The highest BCUT2D eigenvalue weighted by Crippen LogP contribution is 2.23. The summed E-state index contributed by atoms with van der Waals surface area (Å²) < 4.78 is 10.4. The standard InChI is InChI=1S/C16H31N3O3/c1-16(10-8-12-22-16)13-19-15(17-2)18-11-7-5-4-6-9-14(20)21-3/h4-13H2,1-3H3,(H2,17,18,19). The monoisotopic (exact) mass is 313 g/mol. The van der Waals surface area contributed by atoms with Gasteiger partial charge in [-0.05, 0) is 32.6 Å². The number of esters is 1. The molecule has 0 aromatic rings. The van der Waals surface area contributed by atoms with Crippen LogP contribution in [-0.2, 0) is 14.3 Å². The molecule has 6 nitrogen and oxygen atoms in total. The van der Waals surface area contributed by atoms with Gasteiger partial charge in [0.05, 0.1) is 12.7 Å². The van der Waals surface area contributed by atoms with Gasteiger partial charge in [0.25, 0.3) is 0 Å². The minimum absolute atomic E-state index is 0.0640. The maximum Gasteiger partial charge on any atom is 0.305 e. The van der Waals surface area contributed by atoms with E-state index < -0.39 is 0 Å². The van der Waals surface area contributed by atoms with Gasteiger partial charge in [0, 0.05) is 33.2 Å². The van der Waals surface area contributed by atoms with E-state index >= 15 is 0 Å². The number of carbonyl (C=O) groups excluding carboxylic acids is 1. The quantitative estimate of drug-likeness (QED) is 0.294. The summed E-state index contributed by atoms with van der Waals surface area (Å²) in [6.07, 6.45) is 6.86. The molecular weight excluding hydrogens is 282 g/mol. The molecule has 2 N–H and O–H groups in total. The van der Waals surface area contributed by atoms with Gasteiger partial charge < -0.3 is 20.1 Å². The summed E-state index contributed by atoms with van der Waals surface area (Å²) in [6, 6.07) is 0. The molecular formula is C16H31N3O3. The Balaban J connectivity index is 2.03. The van der Waals surface area contributed by atoms with E-state index in [1.54, 1.807) is 7.05 Å². The third-order valence-electron chi connectivity index (χ3n) is 3.98. The molecule has 1 aliphatic rings. The van der Waals surface area contributed by atoms with Gasteiger partial charge in [-0.3, -0.25) is 9.79 Å². The Hall–Kier alpha value is -1.30. The molecule has 0 aromatic carbocycles. The van der Waals surface area contributed by atoms with Crippen molar-refractivity contribution in [1.29, 1.82) is 0 Å². The number of rotatable bonds is 9. The topological polar surface area (TPSA) is 72.0 Å². The first kappa shape index (κ1) is 18.7. The van der Waals surface area contributed by atoms with Crippen LogP contribution in [0.1, 0.15) is 51.9 Å². The van der Waals surface area contributed by atoms with Gasteiger partial charge in [-0.15, -0.1) is 0 Å². The third kappa shape index (κ3) is 7.64. The number of hydrogen-bond donors (Lipinski definition) is 2. The van der Waals surface area contributed by atoms with Crippen LogP contribution in [0.25, 0.3) is 0 Å². The van der Waals surface area contributed by atoms with Crippen LogP contribution < -0.4 is 10.6 Å². The van der Waals surface area contributed by atoms with Gasteiger partial charge in [0.2, 0.25) is 0 Å². The van der Waals surface area contributed by atoms with Gasteiger partial charge in [0.15, 0.2) is 5.96 Å². The second-order valence-electron chi connectivity index (χ2n) is 5.99. The molecule has 0 bridgehead atoms. The van der Waals surface area contributed by atoms with E-state index in [0.717, 1.165) is 64.2 Å². The fourth-order valence-electron chi connectivity index (χ4n) is 2.52. The van der Waals surface area contributed by atoms with Crippen molar-refractivity contribution in [3.8, 4) is 0 Å². The molecule has 0 saturated carbocycles. The minimum atomic E-state index is -0.120. The number of methoxy groups -OCH3 is 1. The summed E-state index contributed by atoms with van der Waals surface area (Å²) in [5.74, 6) is 0.705. The van der Waals surface area contributed by atoms with Crippen molar-refractivity contribution >= 4 is 11.9 Å². The maximum atomic E-state index is 11.0. The Morgan fingerprint density at radius 3 is 2.68 bits per heavy atom. The van der Waals surface area contributed by atoms with Crippen LogP contribution in [0.4, 0.5) is 0 Å². The summed E-state index contributed by atoms with van der Waals surface area (Å²) in [7, 11) is 3.21. The summed E-state index contributed by atoms with van der Waals surface area (Å²) >= 11 is 0. The number of guanidine groups is 1. The molecule has 1 heterocycles. The van der Waals surface area contributed by atoms with E-state index in [2.05, 4.69) is 27.3 Å². The van der Waals surface area contributed by atoms with Gasteiger partial charge in [-0.25, -0.2) is 0 Å². The van der Waals surface area contributed by atoms with Crippen molar-refractivity contribution in [3.63, 3.8) is 0 Å². The second-order valence-corrected chi connectivity index (χ2v) is 5.99. The molecule has 22 heavy (non-hydrogen) atoms. The molecule has 0 aromatic heterocycles. The molecule has 1 saturated heterocycles. The number of nitrogens with zero attached hydrogens (tertiary/aromatic N) is 1. The molecule has 0 amide bonds. The first-order chi connectivity index (χ1) is 10.6. The predicted octanol–water partition coefficient (Wildman–Crippen LogP) is 1.84. The molecule has 0 aliphatic carbocycles. The SMILES string of the molecule is CN=C(NCCCCCCC(=O)OC)NCC1(C)CCCO1. The molecule has 0 radical (unpaired) electrons. The Morgan fingerprint density at radius 1 is 1.27 bits per heavy atom. The van der Waals surface area contributed by atoms with Crippen molar-refractivity contribution in [3.05, 3.63) is 0 Å². The highest BCUT2D eigenvalue weighted by atomic mass is 16.5. The van der Waals surface area contributed by atoms with Crippen molar-refractivity contribution in [2.45, 2.75) is 57.5 Å². The Bertz CT molecular complexity index is 353. The molecule has 1 rings (SSSR count). The van der Waals surface area contributed by atoms with E-state index in [0.29, 0.717) is 6.42 Å². The van der Waals surface area contributed by atoms with Crippen molar-refractivity contribution < 1.29 is 14.3 Å². The lowest BCUT2D eigenvalue weighted by Gasteiger charge is -2.24. The summed E-state index contributed by atoms with van der Waals surface area (Å²) in [4.78, 5) is 15.2. The average Bonchev–Trinajstić information content (AvgIpc) is 2.96. The van der Waals surface area contributed by atoms with E-state index in [1.807, 2.05) is 0 Å². The average molecular weight is 313 g/mol. The van der Waals surface area contributed by atoms with E-state index in [1.165, 1.54) is 7.11 Å². The van der Waals surface area contributed by atoms with Gasteiger partial charge in [0.1, 0.15) is 0 Å². The van der Waals surface area contributed by atoms with E-state index in [4.69, 9.17) is 4.74 Å². The van der Waals surface area contributed by atoms with Gasteiger partial charge >= 0.3 is 5.97 Å². The summed E-state index contributed by atoms with van der Waals surface area (Å²) in [5, 5.41) is 6.64. The van der Waals surface area contributed by atoms with Crippen LogP contribution in [0.2, 0.25) is 0 Å². The smallest absolute Gasteiger partial charge is 0.305 e. The summed E-state index contributed by atoms with van der Waals surface area (Å²) in [6.45, 7) is 4.67. The number of carbonyl (C=O) groups is 1. The Kier molecular flexibility index (Phi) is 8.89. The van der Waals surface area contributed by atoms with Crippen LogP contribution in [0.3, 0.4) is 0 Å². The lowest BCUT2D eigenvalue weighted by atomic mass is 10.0. The van der Waals surface area contributed by atoms with Gasteiger partial charge in [-0.1, -0.05) is 12.8 Å². The predicted molar refractivity (Wildman–Crippen MR) is 88.1 cm³/mol. The van der Waals surface area contributed by atoms with Crippen LogP contribution >= 0.6 is 0 Å². The molecule has 1 fully saturated rings. The number of nitrogens with one attached hydrogen (secondary N) is 2. The number of hydrogen-bond acceptors (Lipinski definition) is 4. The van der Waals surface area contributed by atoms with Crippen molar-refractivity contribution in [2.75, 3.05) is 33.9 Å². The number of aliphatic imine (C=N–C) groups is 1. The first-order valence-electron chi connectivity index (χ1n) is 8.25. The molecule has 1 aliphatic heterocycles. The molecule has 0 spiro atoms. The number of ether oxygens (including phenoxy) is 2. The zero-order valence-electron chi connectivity index (χ0n) is 14.2. The van der Waals surface area contributed by atoms with Crippen LogP contribution in [-0.4, -0.2) is 51.4 Å². The lowest BCUT2D eigenvalue weighted by molar-refractivity contribution is -0.140. The normalized spacial score (nSPS) is 21.7. The van der Waals surface area contributed by atoms with Crippen LogP contribution in [0.15, 0.2) is 4.99 Å². The zero-order chi connectivity index (χ0) is 16.3. The molecule has 1 unspecified atom stereocenters. The highest BCUT2D eigenvalue weighted by molar-refractivity contribution is 5.79. The van der Waals surface area contributed by atoms with E-state index in [9.17, 15) is 4.79 Å². The lowest BCUT2D eigenvalue weighted by Crippen LogP contribution is -2.45. The molecule has 128 valence electrons.